The maximum Gasteiger partial charge on any atom is 0.129 e. The highest BCUT2D eigenvalue weighted by Crippen LogP contribution is 2.15. The second kappa shape index (κ2) is 4.97. The molecule has 0 fully saturated rings. The van der Waals surface area contributed by atoms with E-state index in [9.17, 15) is 8.78 Å². The van der Waals surface area contributed by atoms with Crippen LogP contribution in [-0.2, 0) is 13.2 Å². The molecule has 3 nitrogen and oxygen atoms in total. The van der Waals surface area contributed by atoms with Gasteiger partial charge in [-0.3, -0.25) is 0 Å². The van der Waals surface area contributed by atoms with Gasteiger partial charge in [0.25, 0.3) is 0 Å². The fourth-order valence-electron chi connectivity index (χ4n) is 1.45. The highest BCUT2D eigenvalue weighted by atomic mass is 19.1. The van der Waals surface area contributed by atoms with Gasteiger partial charge in [0.05, 0.1) is 6.54 Å². The summed E-state index contributed by atoms with van der Waals surface area (Å²) in [6.07, 6.45) is 0. The summed E-state index contributed by atoms with van der Waals surface area (Å²) in [4.78, 5) is 0. The lowest BCUT2D eigenvalue weighted by Crippen LogP contribution is -1.99. The first-order valence-corrected chi connectivity index (χ1v) is 5.06. The molecule has 1 aromatic heterocycles. The van der Waals surface area contributed by atoms with Crippen LogP contribution in [0, 0.1) is 11.6 Å². The Balaban J connectivity index is 2.01. The van der Waals surface area contributed by atoms with Crippen LogP contribution in [0.4, 0.5) is 14.5 Å². The molecule has 2 aromatic rings. The lowest BCUT2D eigenvalue weighted by molar-refractivity contribution is 0.244. The van der Waals surface area contributed by atoms with Crippen molar-refractivity contribution in [3.63, 3.8) is 0 Å². The Kier molecular flexibility index (Phi) is 3.39. The zero-order valence-electron chi connectivity index (χ0n) is 8.91. The van der Waals surface area contributed by atoms with Gasteiger partial charge in [0.2, 0.25) is 0 Å². The molecule has 0 amide bonds. The number of anilines is 1. The van der Waals surface area contributed by atoms with Crippen molar-refractivity contribution in [3.05, 3.63) is 53.5 Å². The van der Waals surface area contributed by atoms with Crippen LogP contribution in [0.1, 0.15) is 11.5 Å². The van der Waals surface area contributed by atoms with Crippen LogP contribution in [0.15, 0.2) is 34.7 Å². The summed E-state index contributed by atoms with van der Waals surface area (Å²) in [5.74, 6) is -0.239. The van der Waals surface area contributed by atoms with Gasteiger partial charge in [0.15, 0.2) is 0 Å². The van der Waals surface area contributed by atoms with Crippen LogP contribution in [0.5, 0.6) is 0 Å². The average Bonchev–Trinajstić information content (AvgIpc) is 2.73. The molecule has 5 heteroatoms. The Hall–Kier alpha value is -1.88. The van der Waals surface area contributed by atoms with Crippen LogP contribution >= 0.6 is 0 Å². The molecule has 0 saturated heterocycles. The van der Waals surface area contributed by atoms with Gasteiger partial charge >= 0.3 is 0 Å². The molecule has 0 aliphatic carbocycles. The SMILES string of the molecule is OCc1ccc(CNc2cc(F)cc(F)c2)o1. The number of aliphatic hydroxyl groups excluding tert-OH is 1. The molecule has 0 unspecified atom stereocenters. The van der Waals surface area contributed by atoms with Crippen molar-refractivity contribution in [3.8, 4) is 0 Å². The van der Waals surface area contributed by atoms with Gasteiger partial charge in [-0.25, -0.2) is 8.78 Å². The molecule has 0 spiro atoms. The van der Waals surface area contributed by atoms with Crippen molar-refractivity contribution in [2.75, 3.05) is 5.32 Å². The minimum absolute atomic E-state index is 0.172. The second-order valence-corrected chi connectivity index (χ2v) is 3.54. The molecule has 0 aliphatic rings. The Morgan fingerprint density at radius 1 is 1.06 bits per heavy atom. The van der Waals surface area contributed by atoms with Crippen LogP contribution in [-0.4, -0.2) is 5.11 Å². The van der Waals surface area contributed by atoms with E-state index in [1.165, 1.54) is 12.1 Å². The number of halogens is 2. The van der Waals surface area contributed by atoms with Crippen LogP contribution in [0.2, 0.25) is 0 Å². The Morgan fingerprint density at radius 2 is 1.71 bits per heavy atom. The van der Waals surface area contributed by atoms with E-state index in [1.54, 1.807) is 12.1 Å². The summed E-state index contributed by atoms with van der Waals surface area (Å²) in [5, 5.41) is 11.6. The second-order valence-electron chi connectivity index (χ2n) is 3.54. The quantitative estimate of drug-likeness (QED) is 0.862. The molecular weight excluding hydrogens is 228 g/mol. The monoisotopic (exact) mass is 239 g/mol. The largest absolute Gasteiger partial charge is 0.462 e. The van der Waals surface area contributed by atoms with Gasteiger partial charge in [-0.1, -0.05) is 0 Å². The molecule has 0 atom stereocenters. The molecule has 0 bridgehead atoms. The van der Waals surface area contributed by atoms with Crippen molar-refractivity contribution < 1.29 is 18.3 Å². The van der Waals surface area contributed by atoms with E-state index in [1.807, 2.05) is 0 Å². The van der Waals surface area contributed by atoms with Gasteiger partial charge in [-0.15, -0.1) is 0 Å². The Bertz CT molecular complexity index is 491. The van der Waals surface area contributed by atoms with Crippen LogP contribution < -0.4 is 5.32 Å². The number of hydrogen-bond acceptors (Lipinski definition) is 3. The minimum Gasteiger partial charge on any atom is -0.462 e. The van der Waals surface area contributed by atoms with E-state index in [-0.39, 0.29) is 6.61 Å². The highest BCUT2D eigenvalue weighted by molar-refractivity contribution is 5.43. The first-order valence-electron chi connectivity index (χ1n) is 5.06. The van der Waals surface area contributed by atoms with Gasteiger partial charge in [-0.2, -0.15) is 0 Å². The summed E-state index contributed by atoms with van der Waals surface area (Å²) in [5.41, 5.74) is 0.337. The van der Waals surface area contributed by atoms with Crippen molar-refractivity contribution in [1.29, 1.82) is 0 Å². The third kappa shape index (κ3) is 3.04. The predicted molar refractivity (Wildman–Crippen MR) is 58.3 cm³/mol. The summed E-state index contributed by atoms with van der Waals surface area (Å²) < 4.78 is 31.0. The fraction of sp³-hybridized carbons (Fsp3) is 0.167. The molecule has 1 aromatic carbocycles. The third-order valence-corrected chi connectivity index (χ3v) is 2.20. The number of furan rings is 1. The first kappa shape index (κ1) is 11.6. The van der Waals surface area contributed by atoms with E-state index in [4.69, 9.17) is 9.52 Å². The van der Waals surface area contributed by atoms with Crippen molar-refractivity contribution >= 4 is 5.69 Å². The summed E-state index contributed by atoms with van der Waals surface area (Å²) >= 11 is 0. The molecular formula is C12H11F2NO2. The molecule has 90 valence electrons. The van der Waals surface area contributed by atoms with Crippen LogP contribution in [0.25, 0.3) is 0 Å². The fourth-order valence-corrected chi connectivity index (χ4v) is 1.45. The predicted octanol–water partition coefficient (Wildman–Crippen LogP) is 2.66. The summed E-state index contributed by atoms with van der Waals surface area (Å²) in [6, 6.07) is 6.53. The lowest BCUT2D eigenvalue weighted by Gasteiger charge is -2.04. The molecule has 0 radical (unpaired) electrons. The van der Waals surface area contributed by atoms with Crippen LogP contribution in [0.3, 0.4) is 0 Å². The number of hydrogen-bond donors (Lipinski definition) is 2. The van der Waals surface area contributed by atoms with Gasteiger partial charge in [0, 0.05) is 11.8 Å². The van der Waals surface area contributed by atoms with E-state index in [0.29, 0.717) is 23.8 Å². The highest BCUT2D eigenvalue weighted by Gasteiger charge is 2.03. The first-order chi connectivity index (χ1) is 8.17. The normalized spacial score (nSPS) is 10.5. The van der Waals surface area contributed by atoms with E-state index in [0.717, 1.165) is 6.07 Å². The minimum atomic E-state index is -0.636. The van der Waals surface area contributed by atoms with Gasteiger partial charge in [0.1, 0.15) is 29.8 Å². The molecule has 2 N–H and O–H groups in total. The Morgan fingerprint density at radius 3 is 2.29 bits per heavy atom. The van der Waals surface area contributed by atoms with Gasteiger partial charge in [-0.05, 0) is 24.3 Å². The molecule has 0 aliphatic heterocycles. The zero-order chi connectivity index (χ0) is 12.3. The third-order valence-electron chi connectivity index (χ3n) is 2.20. The lowest BCUT2D eigenvalue weighted by atomic mass is 10.3. The van der Waals surface area contributed by atoms with E-state index >= 15 is 0 Å². The Labute approximate surface area is 96.7 Å². The zero-order valence-corrected chi connectivity index (χ0v) is 8.91. The maximum absolute atomic E-state index is 12.9. The summed E-state index contributed by atoms with van der Waals surface area (Å²) in [6.45, 7) is 0.123. The topological polar surface area (TPSA) is 45.4 Å². The standard InChI is InChI=1S/C12H11F2NO2/c13-8-3-9(14)5-10(4-8)15-6-11-1-2-12(7-16)17-11/h1-5,15-16H,6-7H2. The molecule has 1 heterocycles. The molecule has 2 rings (SSSR count). The van der Waals surface area contributed by atoms with Gasteiger partial charge < -0.3 is 14.8 Å². The number of nitrogens with one attached hydrogen (secondary N) is 1. The number of benzene rings is 1. The van der Waals surface area contributed by atoms with Crippen molar-refractivity contribution in [1.82, 2.24) is 0 Å². The van der Waals surface area contributed by atoms with Crippen molar-refractivity contribution in [2.45, 2.75) is 13.2 Å². The van der Waals surface area contributed by atoms with E-state index < -0.39 is 11.6 Å². The molecule has 0 saturated carbocycles. The maximum atomic E-state index is 12.9. The smallest absolute Gasteiger partial charge is 0.129 e. The van der Waals surface area contributed by atoms with E-state index in [2.05, 4.69) is 5.32 Å². The van der Waals surface area contributed by atoms with Crippen molar-refractivity contribution in [2.24, 2.45) is 0 Å². The summed E-state index contributed by atoms with van der Waals surface area (Å²) in [7, 11) is 0. The average molecular weight is 239 g/mol. The number of rotatable bonds is 4. The molecule has 17 heavy (non-hydrogen) atoms. The number of aliphatic hydroxyl groups is 1.